The van der Waals surface area contributed by atoms with Gasteiger partial charge in [0.25, 0.3) is 17.3 Å². The number of amides is 2. The molecule has 0 heterocycles. The van der Waals surface area contributed by atoms with Crippen LogP contribution in [-0.4, -0.2) is 34.2 Å². The van der Waals surface area contributed by atoms with Crippen LogP contribution in [-0.2, 0) is 11.2 Å². The molecule has 0 bridgehead atoms. The first-order chi connectivity index (χ1) is 14.3. The van der Waals surface area contributed by atoms with E-state index in [1.54, 1.807) is 24.3 Å². The Bertz CT molecular complexity index is 900. The van der Waals surface area contributed by atoms with Crippen molar-refractivity contribution in [3.05, 3.63) is 79.9 Å². The van der Waals surface area contributed by atoms with Crippen LogP contribution in [0, 0.1) is 20.2 Å². The third-order valence-electron chi connectivity index (χ3n) is 4.32. The summed E-state index contributed by atoms with van der Waals surface area (Å²) < 4.78 is 0. The van der Waals surface area contributed by atoms with Gasteiger partial charge in [-0.15, -0.1) is 0 Å². The highest BCUT2D eigenvalue weighted by Crippen LogP contribution is 2.22. The number of nitrogens with one attached hydrogen (secondary N) is 2. The number of benzene rings is 2. The third-order valence-corrected chi connectivity index (χ3v) is 4.32. The summed E-state index contributed by atoms with van der Waals surface area (Å²) in [4.78, 5) is 45.8. The molecule has 10 nitrogen and oxygen atoms in total. The molecule has 1 atom stereocenters. The SMILES string of the molecule is CCCCNC(=O)[C@H](Cc1ccccc1)NC(=O)c1cc([N+](=O)[O-])cc([N+](=O)[O-])c1. The molecule has 0 radical (unpaired) electrons. The number of hydrogen-bond acceptors (Lipinski definition) is 6. The van der Waals surface area contributed by atoms with Gasteiger partial charge in [-0.2, -0.15) is 0 Å². The van der Waals surface area contributed by atoms with E-state index < -0.39 is 39.1 Å². The van der Waals surface area contributed by atoms with Gasteiger partial charge in [-0.3, -0.25) is 29.8 Å². The van der Waals surface area contributed by atoms with Gasteiger partial charge < -0.3 is 10.6 Å². The summed E-state index contributed by atoms with van der Waals surface area (Å²) in [6.45, 7) is 2.42. The van der Waals surface area contributed by atoms with E-state index in [-0.39, 0.29) is 12.0 Å². The highest BCUT2D eigenvalue weighted by Gasteiger charge is 2.25. The molecule has 2 aromatic carbocycles. The number of rotatable bonds is 10. The van der Waals surface area contributed by atoms with Gasteiger partial charge in [-0.1, -0.05) is 43.7 Å². The summed E-state index contributed by atoms with van der Waals surface area (Å²) in [6, 6.07) is 10.7. The smallest absolute Gasteiger partial charge is 0.277 e. The van der Waals surface area contributed by atoms with Crippen LogP contribution in [0.5, 0.6) is 0 Å². The van der Waals surface area contributed by atoms with Crippen molar-refractivity contribution >= 4 is 23.2 Å². The summed E-state index contributed by atoms with van der Waals surface area (Å²) in [7, 11) is 0. The number of hydrogen-bond donors (Lipinski definition) is 2. The molecule has 2 N–H and O–H groups in total. The number of nitro groups is 2. The largest absolute Gasteiger partial charge is 0.354 e. The van der Waals surface area contributed by atoms with Crippen LogP contribution >= 0.6 is 0 Å². The lowest BCUT2D eigenvalue weighted by Gasteiger charge is -2.19. The number of carbonyl (C=O) groups is 2. The standard InChI is InChI=1S/C20H22N4O6/c1-2-3-9-21-20(26)18(10-14-7-5-4-6-8-14)22-19(25)15-11-16(23(27)28)13-17(12-15)24(29)30/h4-8,11-13,18H,2-3,9-10H2,1H3,(H,21,26)(H,22,25)/t18-/m0/s1. The molecule has 0 aliphatic carbocycles. The van der Waals surface area contributed by atoms with Crippen LogP contribution < -0.4 is 10.6 Å². The van der Waals surface area contributed by atoms with Gasteiger partial charge in [0.1, 0.15) is 6.04 Å². The van der Waals surface area contributed by atoms with Gasteiger partial charge in [0, 0.05) is 25.1 Å². The van der Waals surface area contributed by atoms with Crippen molar-refractivity contribution in [1.82, 2.24) is 10.6 Å². The lowest BCUT2D eigenvalue weighted by atomic mass is 10.0. The zero-order valence-corrected chi connectivity index (χ0v) is 16.4. The molecular weight excluding hydrogens is 392 g/mol. The molecule has 0 aromatic heterocycles. The summed E-state index contributed by atoms with van der Waals surface area (Å²) in [5.74, 6) is -1.21. The number of unbranched alkanes of at least 4 members (excludes halogenated alkanes) is 1. The number of nitrogens with zero attached hydrogens (tertiary/aromatic N) is 2. The Labute approximate surface area is 172 Å². The second-order valence-electron chi connectivity index (χ2n) is 6.61. The minimum atomic E-state index is -0.949. The summed E-state index contributed by atoms with van der Waals surface area (Å²) in [6.07, 6.45) is 1.85. The topological polar surface area (TPSA) is 144 Å². The van der Waals surface area contributed by atoms with Crippen molar-refractivity contribution in [3.8, 4) is 0 Å². The van der Waals surface area contributed by atoms with Crippen molar-refractivity contribution < 1.29 is 19.4 Å². The van der Waals surface area contributed by atoms with E-state index in [0.29, 0.717) is 6.54 Å². The van der Waals surface area contributed by atoms with Gasteiger partial charge in [-0.25, -0.2) is 0 Å². The van der Waals surface area contributed by atoms with Gasteiger partial charge in [0.05, 0.1) is 21.5 Å². The maximum atomic E-state index is 12.7. The van der Waals surface area contributed by atoms with Crippen LogP contribution in [0.2, 0.25) is 0 Å². The molecule has 0 unspecified atom stereocenters. The first-order valence-corrected chi connectivity index (χ1v) is 9.38. The molecule has 0 fully saturated rings. The molecule has 0 saturated heterocycles. The molecular formula is C20H22N4O6. The third kappa shape index (κ3) is 6.36. The quantitative estimate of drug-likeness (QED) is 0.347. The highest BCUT2D eigenvalue weighted by atomic mass is 16.6. The fraction of sp³-hybridized carbons (Fsp3) is 0.300. The molecule has 0 aliphatic rings. The second kappa shape index (κ2) is 10.6. The number of carbonyl (C=O) groups excluding carboxylic acids is 2. The molecule has 10 heteroatoms. The van der Waals surface area contributed by atoms with Crippen molar-refractivity contribution in [1.29, 1.82) is 0 Å². The second-order valence-corrected chi connectivity index (χ2v) is 6.61. The molecule has 0 spiro atoms. The fourth-order valence-corrected chi connectivity index (χ4v) is 2.75. The highest BCUT2D eigenvalue weighted by molar-refractivity contribution is 5.98. The number of non-ortho nitro benzene ring substituents is 2. The zero-order chi connectivity index (χ0) is 22.1. The van der Waals surface area contributed by atoms with Gasteiger partial charge in [0.15, 0.2) is 0 Å². The average molecular weight is 414 g/mol. The lowest BCUT2D eigenvalue weighted by Crippen LogP contribution is -2.48. The maximum Gasteiger partial charge on any atom is 0.277 e. The average Bonchev–Trinajstić information content (AvgIpc) is 2.73. The summed E-state index contributed by atoms with van der Waals surface area (Å²) in [5, 5.41) is 27.4. The minimum Gasteiger partial charge on any atom is -0.354 e. The Hall–Kier alpha value is -3.82. The molecule has 158 valence electrons. The fourth-order valence-electron chi connectivity index (χ4n) is 2.75. The van der Waals surface area contributed by atoms with Gasteiger partial charge >= 0.3 is 0 Å². The first-order valence-electron chi connectivity index (χ1n) is 9.38. The Morgan fingerprint density at radius 1 is 1.00 bits per heavy atom. The molecule has 0 saturated carbocycles. The monoisotopic (exact) mass is 414 g/mol. The molecule has 30 heavy (non-hydrogen) atoms. The van der Waals surface area contributed by atoms with E-state index >= 15 is 0 Å². The van der Waals surface area contributed by atoms with Gasteiger partial charge in [0.2, 0.25) is 5.91 Å². The predicted molar refractivity (Wildman–Crippen MR) is 109 cm³/mol. The predicted octanol–water partition coefficient (Wildman–Crippen LogP) is 2.76. The Morgan fingerprint density at radius 2 is 1.60 bits per heavy atom. The van der Waals surface area contributed by atoms with Crippen LogP contribution in [0.4, 0.5) is 11.4 Å². The van der Waals surface area contributed by atoms with E-state index in [1.165, 1.54) is 0 Å². The van der Waals surface area contributed by atoms with Crippen LogP contribution in [0.3, 0.4) is 0 Å². The summed E-state index contributed by atoms with van der Waals surface area (Å²) >= 11 is 0. The van der Waals surface area contributed by atoms with E-state index in [0.717, 1.165) is 36.6 Å². The van der Waals surface area contributed by atoms with Gasteiger partial charge in [-0.05, 0) is 12.0 Å². The normalized spacial score (nSPS) is 11.4. The van der Waals surface area contributed by atoms with E-state index in [1.807, 2.05) is 13.0 Å². The molecule has 2 amide bonds. The van der Waals surface area contributed by atoms with Crippen molar-refractivity contribution in [3.63, 3.8) is 0 Å². The lowest BCUT2D eigenvalue weighted by molar-refractivity contribution is -0.394. The van der Waals surface area contributed by atoms with E-state index in [2.05, 4.69) is 10.6 Å². The van der Waals surface area contributed by atoms with Crippen molar-refractivity contribution in [2.45, 2.75) is 32.2 Å². The zero-order valence-electron chi connectivity index (χ0n) is 16.4. The van der Waals surface area contributed by atoms with Crippen LogP contribution in [0.25, 0.3) is 0 Å². The minimum absolute atomic E-state index is 0.196. The molecule has 0 aliphatic heterocycles. The Kier molecular flexibility index (Phi) is 7.98. The van der Waals surface area contributed by atoms with Crippen LogP contribution in [0.1, 0.15) is 35.7 Å². The van der Waals surface area contributed by atoms with Crippen molar-refractivity contribution in [2.75, 3.05) is 6.54 Å². The number of nitro benzene ring substituents is 2. The van der Waals surface area contributed by atoms with Crippen LogP contribution in [0.15, 0.2) is 48.5 Å². The van der Waals surface area contributed by atoms with E-state index in [4.69, 9.17) is 0 Å². The summed E-state index contributed by atoms with van der Waals surface area (Å²) in [5.41, 5.74) is -0.628. The van der Waals surface area contributed by atoms with E-state index in [9.17, 15) is 29.8 Å². The molecule has 2 aromatic rings. The molecule has 2 rings (SSSR count). The first kappa shape index (κ1) is 22.5. The Balaban J connectivity index is 2.27. The Morgan fingerprint density at radius 3 is 2.13 bits per heavy atom. The van der Waals surface area contributed by atoms with Crippen molar-refractivity contribution in [2.24, 2.45) is 0 Å². The maximum absolute atomic E-state index is 12.7.